The Labute approximate surface area is 253 Å². The summed E-state index contributed by atoms with van der Waals surface area (Å²) in [7, 11) is 1.56. The Morgan fingerprint density at radius 3 is 2.27 bits per heavy atom. The van der Waals surface area contributed by atoms with Crippen molar-refractivity contribution in [1.29, 1.82) is 0 Å². The summed E-state index contributed by atoms with van der Waals surface area (Å²) in [5.74, 6) is -1.62. The molecular weight excluding hydrogens is 576 g/mol. The van der Waals surface area contributed by atoms with Gasteiger partial charge in [0.05, 0.1) is 32.2 Å². The average molecular weight is 615 g/mol. The minimum atomic E-state index is -0.935. The molecule has 2 saturated carbocycles. The van der Waals surface area contributed by atoms with E-state index >= 15 is 0 Å². The van der Waals surface area contributed by atoms with E-state index in [1.165, 1.54) is 16.1 Å². The van der Waals surface area contributed by atoms with Gasteiger partial charge in [-0.15, -0.1) is 0 Å². The van der Waals surface area contributed by atoms with E-state index in [0.29, 0.717) is 12.1 Å². The van der Waals surface area contributed by atoms with Gasteiger partial charge in [-0.05, 0) is 30.2 Å². The van der Waals surface area contributed by atoms with Gasteiger partial charge in [0.1, 0.15) is 11.4 Å². The van der Waals surface area contributed by atoms with Crippen LogP contribution in [0.1, 0.15) is 50.6 Å². The monoisotopic (exact) mass is 614 g/mol. The van der Waals surface area contributed by atoms with Gasteiger partial charge in [-0.3, -0.25) is 29.0 Å². The molecule has 15 heteroatoms. The number of carbonyl (C=O) groups excluding carboxylic acids is 4. The van der Waals surface area contributed by atoms with Crippen molar-refractivity contribution in [3.8, 4) is 0 Å². The molecule has 2 aliphatic rings. The normalized spacial score (nSPS) is 23.4. The Balaban J connectivity index is 1.12. The highest BCUT2D eigenvalue weighted by molar-refractivity contribution is 5.92. The molecule has 1 heterocycles. The molecule has 1 aromatic heterocycles. The van der Waals surface area contributed by atoms with Crippen molar-refractivity contribution < 1.29 is 39.0 Å². The Morgan fingerprint density at radius 2 is 1.64 bits per heavy atom. The number of anilines is 2. The Bertz CT molecular complexity index is 1410. The third-order valence-electron chi connectivity index (χ3n) is 7.97. The average Bonchev–Trinajstić information content (AvgIpc) is 3.90. The Hall–Kier alpha value is -4.18. The van der Waals surface area contributed by atoms with E-state index in [-0.39, 0.29) is 87.1 Å². The topological polar surface area (TPSA) is 210 Å². The molecule has 2 aromatic rings. The van der Waals surface area contributed by atoms with E-state index < -0.39 is 23.1 Å². The van der Waals surface area contributed by atoms with Gasteiger partial charge in [-0.1, -0.05) is 19.1 Å². The third kappa shape index (κ3) is 8.25. The van der Waals surface area contributed by atoms with E-state index in [2.05, 4.69) is 20.9 Å². The van der Waals surface area contributed by atoms with E-state index in [1.54, 1.807) is 37.6 Å². The molecule has 0 radical (unpaired) electrons. The van der Waals surface area contributed by atoms with Crippen molar-refractivity contribution in [2.75, 3.05) is 31.0 Å². The molecule has 0 aliphatic heterocycles. The van der Waals surface area contributed by atoms with Gasteiger partial charge in [0.2, 0.25) is 23.6 Å². The summed E-state index contributed by atoms with van der Waals surface area (Å²) in [6.07, 6.45) is 1.87. The van der Waals surface area contributed by atoms with E-state index in [1.807, 2.05) is 6.92 Å². The fourth-order valence-corrected chi connectivity index (χ4v) is 5.33. The quantitative estimate of drug-likeness (QED) is 0.0875. The number of benzene rings is 1. The molecule has 44 heavy (non-hydrogen) atoms. The number of methoxy groups -OCH3 is 1. The standard InChI is InChI=1S/C29H38N6O9/c1-17-27(43-2)29(17,41)20-15-21(20)35-12-9-22(33-28(35)40)32-24(37)8-7-23(36)30-16-18-3-5-19(6-4-18)31-25(38)10-13-44-14-11-26(39)34-42/h3-6,9,12,17,20-21,27,41-42H,7-8,10-11,13-16H2,1-2H3,(H,30,36)(H,31,38)(H,34,39)(H,32,33,37,40). The first kappa shape index (κ1) is 32.7. The first-order chi connectivity index (χ1) is 21.1. The minimum Gasteiger partial charge on any atom is -0.386 e. The molecule has 6 N–H and O–H groups in total. The number of aliphatic hydroxyl groups is 1. The van der Waals surface area contributed by atoms with Crippen molar-refractivity contribution in [1.82, 2.24) is 20.3 Å². The molecule has 1 aromatic carbocycles. The zero-order valence-corrected chi connectivity index (χ0v) is 24.6. The summed E-state index contributed by atoms with van der Waals surface area (Å²) in [6, 6.07) is 8.21. The molecule has 15 nitrogen and oxygen atoms in total. The smallest absolute Gasteiger partial charge is 0.349 e. The minimum absolute atomic E-state index is 0.00257. The van der Waals surface area contributed by atoms with Gasteiger partial charge in [-0.2, -0.15) is 4.98 Å². The van der Waals surface area contributed by atoms with Gasteiger partial charge in [-0.25, -0.2) is 10.3 Å². The van der Waals surface area contributed by atoms with Crippen LogP contribution in [0, 0.1) is 11.8 Å². The number of hydroxylamine groups is 1. The number of aromatic nitrogens is 2. The van der Waals surface area contributed by atoms with Crippen molar-refractivity contribution in [3.05, 3.63) is 52.6 Å². The molecule has 0 bridgehead atoms. The lowest BCUT2D eigenvalue weighted by Crippen LogP contribution is -2.28. The molecule has 0 saturated heterocycles. The number of amides is 4. The lowest BCUT2D eigenvalue weighted by Gasteiger charge is -2.11. The maximum absolute atomic E-state index is 12.6. The number of ether oxygens (including phenoxy) is 2. The molecule has 4 amide bonds. The van der Waals surface area contributed by atoms with Crippen LogP contribution in [0.4, 0.5) is 11.5 Å². The van der Waals surface area contributed by atoms with E-state index in [9.17, 15) is 29.1 Å². The fourth-order valence-electron chi connectivity index (χ4n) is 5.33. The maximum Gasteiger partial charge on any atom is 0.349 e. The number of nitrogens with zero attached hydrogens (tertiary/aromatic N) is 2. The summed E-state index contributed by atoms with van der Waals surface area (Å²) >= 11 is 0. The van der Waals surface area contributed by atoms with Gasteiger partial charge >= 0.3 is 5.69 Å². The number of carbonyl (C=O) groups is 4. The van der Waals surface area contributed by atoms with Crippen molar-refractivity contribution in [2.45, 2.75) is 63.3 Å². The predicted molar refractivity (Wildman–Crippen MR) is 155 cm³/mol. The molecule has 2 fully saturated rings. The van der Waals surface area contributed by atoms with Crippen LogP contribution in [-0.2, 0) is 35.2 Å². The second-order valence-electron chi connectivity index (χ2n) is 11.0. The van der Waals surface area contributed by atoms with Gasteiger partial charge < -0.3 is 30.5 Å². The second kappa shape index (κ2) is 14.5. The van der Waals surface area contributed by atoms with Crippen LogP contribution in [0.15, 0.2) is 41.3 Å². The second-order valence-corrected chi connectivity index (χ2v) is 11.0. The van der Waals surface area contributed by atoms with E-state index in [0.717, 1.165) is 5.56 Å². The Kier molecular flexibility index (Phi) is 10.8. The first-order valence-corrected chi connectivity index (χ1v) is 14.4. The van der Waals surface area contributed by atoms with Crippen LogP contribution in [-0.4, -0.2) is 75.5 Å². The highest BCUT2D eigenvalue weighted by Gasteiger charge is 2.72. The van der Waals surface area contributed by atoms with Crippen molar-refractivity contribution in [2.24, 2.45) is 11.8 Å². The molecule has 0 spiro atoms. The molecule has 238 valence electrons. The van der Waals surface area contributed by atoms with Crippen LogP contribution in [0.3, 0.4) is 0 Å². The van der Waals surface area contributed by atoms with Crippen LogP contribution in [0.25, 0.3) is 0 Å². The molecular formula is C29H38N6O9. The number of nitrogens with one attached hydrogen (secondary N) is 4. The van der Waals surface area contributed by atoms with Gasteiger partial charge in [0.25, 0.3) is 0 Å². The predicted octanol–water partition coefficient (Wildman–Crippen LogP) is 0.476. The number of rotatable bonds is 16. The third-order valence-corrected chi connectivity index (χ3v) is 7.97. The van der Waals surface area contributed by atoms with Crippen LogP contribution in [0.2, 0.25) is 0 Å². The molecule has 4 rings (SSSR count). The van der Waals surface area contributed by atoms with Crippen LogP contribution < -0.4 is 27.1 Å². The van der Waals surface area contributed by atoms with Crippen molar-refractivity contribution >= 4 is 35.1 Å². The van der Waals surface area contributed by atoms with E-state index in [4.69, 9.17) is 14.7 Å². The summed E-state index contributed by atoms with van der Waals surface area (Å²) in [5.41, 5.74) is 1.38. The van der Waals surface area contributed by atoms with Crippen molar-refractivity contribution in [3.63, 3.8) is 0 Å². The summed E-state index contributed by atoms with van der Waals surface area (Å²) < 4.78 is 12.0. The highest BCUT2D eigenvalue weighted by Crippen LogP contribution is 2.63. The summed E-state index contributed by atoms with van der Waals surface area (Å²) in [4.78, 5) is 64.0. The summed E-state index contributed by atoms with van der Waals surface area (Å²) in [5, 5.41) is 27.2. The summed E-state index contributed by atoms with van der Waals surface area (Å²) in [6.45, 7) is 2.35. The van der Waals surface area contributed by atoms with Crippen LogP contribution >= 0.6 is 0 Å². The highest BCUT2D eigenvalue weighted by atomic mass is 16.5. The Morgan fingerprint density at radius 1 is 0.977 bits per heavy atom. The van der Waals surface area contributed by atoms with Crippen LogP contribution in [0.5, 0.6) is 0 Å². The zero-order chi connectivity index (χ0) is 31.9. The molecule has 5 unspecified atom stereocenters. The number of hydrogen-bond donors (Lipinski definition) is 6. The number of hydrogen-bond acceptors (Lipinski definition) is 10. The molecule has 2 aliphatic carbocycles. The zero-order valence-electron chi connectivity index (χ0n) is 24.6. The van der Waals surface area contributed by atoms with Gasteiger partial charge in [0, 0.05) is 56.3 Å². The lowest BCUT2D eigenvalue weighted by molar-refractivity contribution is -0.130. The molecule has 5 atom stereocenters. The largest absolute Gasteiger partial charge is 0.386 e. The fraction of sp³-hybridized carbons (Fsp3) is 0.517. The lowest BCUT2D eigenvalue weighted by atomic mass is 10.1. The van der Waals surface area contributed by atoms with Gasteiger partial charge in [0.15, 0.2) is 0 Å². The maximum atomic E-state index is 12.6. The first-order valence-electron chi connectivity index (χ1n) is 14.4. The SMILES string of the molecule is COC1C(C)C1(O)C1CC1n1ccc(NC(=O)CCC(=O)NCc2ccc(NC(=O)CCOCCC(=O)NO)cc2)nc1=O.